The van der Waals surface area contributed by atoms with Gasteiger partial charge in [-0.1, -0.05) is 0 Å². The van der Waals surface area contributed by atoms with Crippen molar-refractivity contribution in [1.82, 2.24) is 25.1 Å². The quantitative estimate of drug-likeness (QED) is 0.742. The average Bonchev–Trinajstić information content (AvgIpc) is 3.39. The Morgan fingerprint density at radius 2 is 2.11 bits per heavy atom. The zero-order chi connectivity index (χ0) is 19.1. The van der Waals surface area contributed by atoms with Crippen LogP contribution in [-0.2, 0) is 0 Å². The van der Waals surface area contributed by atoms with E-state index in [0.29, 0.717) is 16.9 Å². The van der Waals surface area contributed by atoms with Crippen molar-refractivity contribution in [3.63, 3.8) is 0 Å². The average molecular weight is 367 g/mol. The molecule has 1 N–H and O–H groups in total. The molecule has 140 valence electrons. The van der Waals surface area contributed by atoms with E-state index < -0.39 is 11.9 Å². The van der Waals surface area contributed by atoms with Gasteiger partial charge < -0.3 is 5.32 Å². The first-order valence-corrected chi connectivity index (χ1v) is 9.25. The summed E-state index contributed by atoms with van der Waals surface area (Å²) in [6, 6.07) is 4.31. The zero-order valence-electron chi connectivity index (χ0n) is 15.6. The lowest BCUT2D eigenvalue weighted by atomic mass is 10.1. The molecule has 1 amide bonds. The van der Waals surface area contributed by atoms with Crippen LogP contribution in [0.1, 0.15) is 73.4 Å². The van der Waals surface area contributed by atoms with Crippen molar-refractivity contribution in [3.8, 4) is 0 Å². The predicted octanol–water partition coefficient (Wildman–Crippen LogP) is 3.91. The molecule has 3 heterocycles. The van der Waals surface area contributed by atoms with Gasteiger partial charge in [-0.3, -0.25) is 9.78 Å². The van der Waals surface area contributed by atoms with E-state index in [-0.39, 0.29) is 17.6 Å². The highest BCUT2D eigenvalue weighted by atomic mass is 19.1. The number of rotatable bonds is 5. The lowest BCUT2D eigenvalue weighted by molar-refractivity contribution is 0.0940. The summed E-state index contributed by atoms with van der Waals surface area (Å²) < 4.78 is 15.8. The third-order valence-electron chi connectivity index (χ3n) is 4.86. The molecule has 7 heteroatoms. The van der Waals surface area contributed by atoms with Crippen LogP contribution >= 0.6 is 0 Å². The number of nitrogens with one attached hydrogen (secondary N) is 1. The van der Waals surface area contributed by atoms with Crippen LogP contribution in [0.5, 0.6) is 0 Å². The Kier molecular flexibility index (Phi) is 4.37. The van der Waals surface area contributed by atoms with E-state index in [1.165, 1.54) is 18.3 Å². The Morgan fingerprint density at radius 1 is 1.33 bits per heavy atom. The molecule has 0 bridgehead atoms. The maximum absolute atomic E-state index is 14.0. The van der Waals surface area contributed by atoms with Gasteiger partial charge >= 0.3 is 0 Å². The van der Waals surface area contributed by atoms with E-state index in [2.05, 4.69) is 15.4 Å². The highest BCUT2D eigenvalue weighted by Crippen LogP contribution is 2.40. The molecule has 0 radical (unpaired) electrons. The van der Waals surface area contributed by atoms with Crippen LogP contribution in [0, 0.1) is 5.82 Å². The van der Waals surface area contributed by atoms with E-state index in [9.17, 15) is 9.18 Å². The van der Waals surface area contributed by atoms with Crippen LogP contribution in [0.3, 0.4) is 0 Å². The summed E-state index contributed by atoms with van der Waals surface area (Å²) in [4.78, 5) is 21.8. The zero-order valence-corrected chi connectivity index (χ0v) is 15.6. The third kappa shape index (κ3) is 3.29. The van der Waals surface area contributed by atoms with Crippen molar-refractivity contribution in [2.75, 3.05) is 0 Å². The van der Waals surface area contributed by atoms with E-state index in [4.69, 9.17) is 4.98 Å². The van der Waals surface area contributed by atoms with E-state index in [0.717, 1.165) is 24.2 Å². The van der Waals surface area contributed by atoms with Crippen molar-refractivity contribution in [2.24, 2.45) is 0 Å². The Morgan fingerprint density at radius 3 is 2.78 bits per heavy atom. The summed E-state index contributed by atoms with van der Waals surface area (Å²) in [5, 5.41) is 7.98. The molecule has 1 aliphatic carbocycles. The van der Waals surface area contributed by atoms with Gasteiger partial charge in [0.2, 0.25) is 0 Å². The van der Waals surface area contributed by atoms with Gasteiger partial charge in [-0.15, -0.1) is 0 Å². The van der Waals surface area contributed by atoms with Crippen molar-refractivity contribution >= 4 is 16.9 Å². The van der Waals surface area contributed by atoms with E-state index in [1.807, 2.05) is 24.6 Å². The molecule has 27 heavy (non-hydrogen) atoms. The van der Waals surface area contributed by atoms with Crippen LogP contribution in [0.2, 0.25) is 0 Å². The topological polar surface area (TPSA) is 72.7 Å². The van der Waals surface area contributed by atoms with Gasteiger partial charge in [0.25, 0.3) is 5.91 Å². The molecule has 4 rings (SSSR count). The molecule has 6 nitrogen and oxygen atoms in total. The molecule has 0 unspecified atom stereocenters. The summed E-state index contributed by atoms with van der Waals surface area (Å²) in [5.74, 6) is -0.302. The number of aromatic nitrogens is 4. The number of carbonyl (C=O) groups excluding carboxylic acids is 1. The maximum Gasteiger partial charge on any atom is 0.252 e. The summed E-state index contributed by atoms with van der Waals surface area (Å²) in [5.41, 5.74) is 2.39. The summed E-state index contributed by atoms with van der Waals surface area (Å²) in [7, 11) is 0. The molecule has 1 saturated carbocycles. The number of hydrogen-bond donors (Lipinski definition) is 1. The highest BCUT2D eigenvalue weighted by molar-refractivity contribution is 6.05. The summed E-state index contributed by atoms with van der Waals surface area (Å²) in [6.45, 7) is 5.79. The molecule has 3 aromatic rings. The molecule has 1 aliphatic rings. The van der Waals surface area contributed by atoms with Crippen molar-refractivity contribution in [1.29, 1.82) is 0 Å². The SMILES string of the molecule is CC(C)n1ncc2c(C(=O)N[C@H](C)c3ncccc3F)cc(C3CC3)nc21. The second kappa shape index (κ2) is 6.72. The Labute approximate surface area is 156 Å². The van der Waals surface area contributed by atoms with Gasteiger partial charge in [0, 0.05) is 23.9 Å². The van der Waals surface area contributed by atoms with Crippen LogP contribution in [0.15, 0.2) is 30.6 Å². The van der Waals surface area contributed by atoms with Gasteiger partial charge in [0.15, 0.2) is 5.65 Å². The largest absolute Gasteiger partial charge is 0.344 e. The molecular weight excluding hydrogens is 345 g/mol. The first kappa shape index (κ1) is 17.6. The maximum atomic E-state index is 14.0. The van der Waals surface area contributed by atoms with Gasteiger partial charge in [0.05, 0.1) is 28.9 Å². The third-order valence-corrected chi connectivity index (χ3v) is 4.86. The monoisotopic (exact) mass is 367 g/mol. The van der Waals surface area contributed by atoms with Gasteiger partial charge in [-0.2, -0.15) is 5.10 Å². The minimum absolute atomic E-state index is 0.141. The Bertz CT molecular complexity index is 1010. The Balaban J connectivity index is 1.71. The second-order valence-corrected chi connectivity index (χ2v) is 7.35. The fraction of sp³-hybridized carbons (Fsp3) is 0.400. The number of hydrogen-bond acceptors (Lipinski definition) is 4. The number of fused-ring (bicyclic) bond motifs is 1. The number of nitrogens with zero attached hydrogens (tertiary/aromatic N) is 4. The number of carbonyl (C=O) groups is 1. The van der Waals surface area contributed by atoms with Gasteiger partial charge in [-0.25, -0.2) is 14.1 Å². The first-order valence-electron chi connectivity index (χ1n) is 9.25. The van der Waals surface area contributed by atoms with E-state index in [1.54, 1.807) is 13.1 Å². The fourth-order valence-corrected chi connectivity index (χ4v) is 3.25. The molecule has 0 aliphatic heterocycles. The molecule has 1 fully saturated rings. The number of pyridine rings is 2. The van der Waals surface area contributed by atoms with E-state index >= 15 is 0 Å². The molecule has 0 aromatic carbocycles. The smallest absolute Gasteiger partial charge is 0.252 e. The van der Waals surface area contributed by atoms with Gasteiger partial charge in [0.1, 0.15) is 5.82 Å². The number of halogens is 1. The first-order chi connectivity index (χ1) is 13.0. The van der Waals surface area contributed by atoms with Crippen LogP contribution < -0.4 is 5.32 Å². The minimum Gasteiger partial charge on any atom is -0.344 e. The lowest BCUT2D eigenvalue weighted by Crippen LogP contribution is -2.28. The van der Waals surface area contributed by atoms with Crippen LogP contribution in [0.25, 0.3) is 11.0 Å². The summed E-state index contributed by atoms with van der Waals surface area (Å²) >= 11 is 0. The molecule has 0 spiro atoms. The van der Waals surface area contributed by atoms with Crippen molar-refractivity contribution in [3.05, 3.63) is 53.4 Å². The highest BCUT2D eigenvalue weighted by Gasteiger charge is 2.28. The standard InChI is InChI=1S/C20H22FN5O/c1-11(2)26-19-15(10-23-26)14(9-17(25-19)13-6-7-13)20(27)24-12(3)18-16(21)5-4-8-22-18/h4-5,8-13H,6-7H2,1-3H3,(H,24,27)/t12-/m1/s1. The lowest BCUT2D eigenvalue weighted by Gasteiger charge is -2.15. The molecule has 3 aromatic heterocycles. The number of amides is 1. The molecule has 0 saturated heterocycles. The Hall–Kier alpha value is -2.83. The van der Waals surface area contributed by atoms with Crippen LogP contribution in [0.4, 0.5) is 4.39 Å². The molecule has 1 atom stereocenters. The van der Waals surface area contributed by atoms with Crippen LogP contribution in [-0.4, -0.2) is 25.7 Å². The fourth-order valence-electron chi connectivity index (χ4n) is 3.25. The second-order valence-electron chi connectivity index (χ2n) is 7.35. The van der Waals surface area contributed by atoms with Crippen molar-refractivity contribution < 1.29 is 9.18 Å². The van der Waals surface area contributed by atoms with Gasteiger partial charge in [-0.05, 0) is 51.8 Å². The normalized spacial score (nSPS) is 15.3. The predicted molar refractivity (Wildman–Crippen MR) is 100.0 cm³/mol. The van der Waals surface area contributed by atoms with Crippen molar-refractivity contribution in [2.45, 2.75) is 51.6 Å². The molecular formula is C20H22FN5O. The summed E-state index contributed by atoms with van der Waals surface area (Å²) in [6.07, 6.45) is 5.37. The minimum atomic E-state index is -0.550.